The highest BCUT2D eigenvalue weighted by Crippen LogP contribution is 2.56. The summed E-state index contributed by atoms with van der Waals surface area (Å²) < 4.78 is 62.9. The fourth-order valence-electron chi connectivity index (χ4n) is 6.69. The number of hydrogen-bond acceptors (Lipinski definition) is 7. The average molecular weight is 619 g/mol. The first-order valence-corrected chi connectivity index (χ1v) is 15.7. The largest absolute Gasteiger partial charge is 0.391 e. The lowest BCUT2D eigenvalue weighted by Crippen LogP contribution is -2.73. The Kier molecular flexibility index (Phi) is 9.90. The average Bonchev–Trinajstić information content (AvgIpc) is 2.86. The van der Waals surface area contributed by atoms with Crippen LogP contribution in [0.3, 0.4) is 0 Å². The Labute approximate surface area is 255 Å². The topological polar surface area (TPSA) is 133 Å². The summed E-state index contributed by atoms with van der Waals surface area (Å²) in [6.45, 7) is 3.14. The van der Waals surface area contributed by atoms with Crippen LogP contribution in [0.2, 0.25) is 10.2 Å². The Hall–Kier alpha value is -1.76. The van der Waals surface area contributed by atoms with E-state index in [1.807, 2.05) is 6.92 Å². The lowest BCUT2D eigenvalue weighted by atomic mass is 9.37. The van der Waals surface area contributed by atoms with E-state index in [0.717, 1.165) is 12.1 Å². The fraction of sp³-hybridized carbons (Fsp3) is 0.458. The quantitative estimate of drug-likeness (QED) is 0.220. The Balaban J connectivity index is 2.13. The Morgan fingerprint density at radius 3 is 2.31 bits per heavy atom. The molecule has 0 unspecified atom stereocenters. The lowest BCUT2D eigenvalue weighted by molar-refractivity contribution is -0.332. The predicted octanol–water partition coefficient (Wildman–Crippen LogP) is -4.29. The van der Waals surface area contributed by atoms with Crippen LogP contribution in [0.25, 0.3) is 0 Å². The molecular weight excluding hydrogens is 585 g/mol. The second kappa shape index (κ2) is 12.0. The summed E-state index contributed by atoms with van der Waals surface area (Å²) in [7, 11) is 4.64. The van der Waals surface area contributed by atoms with E-state index in [9.17, 15) is 37.3 Å². The van der Waals surface area contributed by atoms with E-state index in [-0.39, 0.29) is 38.5 Å². The van der Waals surface area contributed by atoms with Crippen molar-refractivity contribution >= 4 is 91.0 Å². The van der Waals surface area contributed by atoms with E-state index < -0.39 is 67.2 Å². The summed E-state index contributed by atoms with van der Waals surface area (Å²) in [5.74, 6) is -6.14. The molecule has 18 heteroatoms. The maximum Gasteiger partial charge on any atom is 0.255 e. The predicted molar refractivity (Wildman–Crippen MR) is 175 cm³/mol. The number of halogens is 3. The van der Waals surface area contributed by atoms with Crippen LogP contribution in [-0.2, 0) is 14.6 Å². The van der Waals surface area contributed by atoms with Gasteiger partial charge in [0.05, 0.1) is 21.3 Å². The standard InChI is InChI=1S/C24H34B6ClF2NO7S/c1-3-4-15-22(27,28)21(24(29,30)41-23(15,38)19(36)9(2)35)42(39,40)14-7-10(5-6-12(14)31)20(37)34-18-11(25)8-13(32)17(33)16(18)26/h5-9,15,19,21,35-36,38H,3-4,25-30H2,1-2H3,(H,34,37)/t9-,15-,19-,21-,23-/m0/s1. The zero-order chi connectivity index (χ0) is 32.2. The third-order valence-electron chi connectivity index (χ3n) is 8.29. The number of nitrogens with one attached hydrogen (secondary N) is 1. The maximum atomic E-state index is 14.4. The SMILES string of the molecule is Bc1cc(F)c(F)c(B)c1NC(=O)c1ccc(Cl)c(S(=O)(=O)[C@@H]2C(B)(B)O[C@](O)([C@@H](O)[C@H](C)O)[C@@H](CCC)C2(B)B)c1. The molecule has 0 aromatic heterocycles. The molecule has 2 aromatic rings. The summed E-state index contributed by atoms with van der Waals surface area (Å²) in [5.41, 5.74) is 0.122. The molecule has 222 valence electrons. The maximum absolute atomic E-state index is 14.4. The minimum absolute atomic E-state index is 0.0552. The lowest BCUT2D eigenvalue weighted by Gasteiger charge is -2.61. The van der Waals surface area contributed by atoms with E-state index in [1.165, 1.54) is 50.4 Å². The molecule has 3 rings (SSSR count). The van der Waals surface area contributed by atoms with Crippen LogP contribution in [0.15, 0.2) is 29.2 Å². The van der Waals surface area contributed by atoms with Gasteiger partial charge in [-0.05, 0) is 43.1 Å². The van der Waals surface area contributed by atoms with E-state index in [2.05, 4.69) is 5.32 Å². The van der Waals surface area contributed by atoms with Crippen LogP contribution in [0.5, 0.6) is 0 Å². The molecule has 0 radical (unpaired) electrons. The smallest absolute Gasteiger partial charge is 0.255 e. The van der Waals surface area contributed by atoms with Crippen molar-refractivity contribution in [3.05, 3.63) is 46.5 Å². The second-order valence-corrected chi connectivity index (χ2v) is 14.7. The van der Waals surface area contributed by atoms with Crippen LogP contribution in [0, 0.1) is 17.6 Å². The van der Waals surface area contributed by atoms with Crippen molar-refractivity contribution in [2.75, 3.05) is 5.32 Å². The van der Waals surface area contributed by atoms with Crippen LogP contribution in [0.1, 0.15) is 37.0 Å². The molecule has 4 N–H and O–H groups in total. The molecule has 0 spiro atoms. The molecule has 8 nitrogen and oxygen atoms in total. The van der Waals surface area contributed by atoms with Crippen molar-refractivity contribution in [2.24, 2.45) is 5.92 Å². The number of aliphatic hydroxyl groups is 3. The first-order chi connectivity index (χ1) is 19.1. The van der Waals surface area contributed by atoms with Crippen molar-refractivity contribution in [3.63, 3.8) is 0 Å². The molecule has 42 heavy (non-hydrogen) atoms. The molecule has 0 saturated carbocycles. The number of amides is 1. The fourth-order valence-corrected chi connectivity index (χ4v) is 9.77. The van der Waals surface area contributed by atoms with Crippen molar-refractivity contribution < 1.29 is 42.0 Å². The van der Waals surface area contributed by atoms with Crippen molar-refractivity contribution in [1.29, 1.82) is 0 Å². The van der Waals surface area contributed by atoms with Crippen LogP contribution in [0.4, 0.5) is 14.5 Å². The number of carbonyl (C=O) groups excluding carboxylic acids is 1. The molecule has 0 bridgehead atoms. The monoisotopic (exact) mass is 619 g/mol. The van der Waals surface area contributed by atoms with Gasteiger partial charge < -0.3 is 25.4 Å². The molecule has 0 aliphatic carbocycles. The Bertz CT molecular complexity index is 1500. The number of aliphatic hydroxyl groups excluding tert-OH is 2. The summed E-state index contributed by atoms with van der Waals surface area (Å²) in [5, 5.41) is 30.8. The number of hydrogen-bond donors (Lipinski definition) is 4. The van der Waals surface area contributed by atoms with E-state index >= 15 is 0 Å². The molecule has 1 aliphatic heterocycles. The highest BCUT2D eigenvalue weighted by Gasteiger charge is 2.66. The molecule has 5 atom stereocenters. The van der Waals surface area contributed by atoms with Gasteiger partial charge in [-0.3, -0.25) is 4.79 Å². The molecule has 1 fully saturated rings. The van der Waals surface area contributed by atoms with Gasteiger partial charge in [-0.2, -0.15) is 0 Å². The van der Waals surface area contributed by atoms with Gasteiger partial charge in [0.1, 0.15) is 53.2 Å². The number of benzene rings is 2. The first kappa shape index (κ1) is 34.7. The normalized spacial score (nSPS) is 25.0. The zero-order valence-corrected chi connectivity index (χ0v) is 26.6. The van der Waals surface area contributed by atoms with Crippen molar-refractivity contribution in [3.8, 4) is 0 Å². The second-order valence-electron chi connectivity index (χ2n) is 12.3. The number of rotatable bonds is 8. The van der Waals surface area contributed by atoms with Crippen LogP contribution >= 0.6 is 11.6 Å². The van der Waals surface area contributed by atoms with Crippen LogP contribution < -0.4 is 16.2 Å². The van der Waals surface area contributed by atoms with Crippen LogP contribution in [-0.4, -0.2) is 105 Å². The Morgan fingerprint density at radius 1 is 1.17 bits per heavy atom. The molecule has 1 aliphatic rings. The summed E-state index contributed by atoms with van der Waals surface area (Å²) in [4.78, 5) is 12.9. The third-order valence-corrected chi connectivity index (χ3v) is 11.5. The zero-order valence-electron chi connectivity index (χ0n) is 25.0. The van der Waals surface area contributed by atoms with E-state index in [1.54, 1.807) is 15.7 Å². The number of carbonyl (C=O) groups is 1. The third kappa shape index (κ3) is 5.97. The minimum atomic E-state index is -4.41. The Morgan fingerprint density at radius 2 is 1.76 bits per heavy atom. The van der Waals surface area contributed by atoms with E-state index in [0.29, 0.717) is 6.42 Å². The highest BCUT2D eigenvalue weighted by molar-refractivity contribution is 7.92. The molecule has 2 aromatic carbocycles. The van der Waals surface area contributed by atoms with Gasteiger partial charge in [-0.15, -0.1) is 0 Å². The first-order valence-electron chi connectivity index (χ1n) is 13.7. The summed E-state index contributed by atoms with van der Waals surface area (Å²) >= 11 is 6.42. The van der Waals surface area contributed by atoms with Gasteiger partial charge in [-0.25, -0.2) is 17.2 Å². The summed E-state index contributed by atoms with van der Waals surface area (Å²) in [6.07, 6.45) is -2.33. The van der Waals surface area contributed by atoms with Gasteiger partial charge in [0.15, 0.2) is 27.3 Å². The number of anilines is 1. The molecule has 1 amide bonds. The van der Waals surface area contributed by atoms with Gasteiger partial charge in [0.2, 0.25) is 0 Å². The van der Waals surface area contributed by atoms with Crippen molar-refractivity contribution in [1.82, 2.24) is 0 Å². The molecule has 1 saturated heterocycles. The highest BCUT2D eigenvalue weighted by atomic mass is 35.5. The number of ether oxygens (including phenoxy) is 1. The van der Waals surface area contributed by atoms with Gasteiger partial charge >= 0.3 is 0 Å². The van der Waals surface area contributed by atoms with Gasteiger partial charge in [0, 0.05) is 22.6 Å². The molecule has 1 heterocycles. The van der Waals surface area contributed by atoms with Gasteiger partial charge in [0.25, 0.3) is 5.91 Å². The van der Waals surface area contributed by atoms with E-state index in [4.69, 9.17) is 16.3 Å². The summed E-state index contributed by atoms with van der Waals surface area (Å²) in [6, 6.07) is 4.64. The molecular formula is C24H34B6ClF2NO7S. The number of sulfone groups is 1. The minimum Gasteiger partial charge on any atom is -0.391 e. The van der Waals surface area contributed by atoms with Crippen molar-refractivity contribution in [2.45, 2.75) is 65.4 Å². The van der Waals surface area contributed by atoms with Gasteiger partial charge in [-0.1, -0.05) is 35.6 Å².